The van der Waals surface area contributed by atoms with Crippen molar-refractivity contribution in [2.75, 3.05) is 0 Å². The fraction of sp³-hybridized carbons (Fsp3) is 0.963. The highest BCUT2D eigenvalue weighted by atomic mass is 16.4. The smallest absolute Gasteiger partial charge is 0.306 e. The van der Waals surface area contributed by atoms with Crippen molar-refractivity contribution in [2.45, 2.75) is 111 Å². The van der Waals surface area contributed by atoms with E-state index >= 15 is 0 Å². The molecule has 0 aliphatic heterocycles. The zero-order chi connectivity index (χ0) is 22.6. The molecule has 0 aromatic carbocycles. The summed E-state index contributed by atoms with van der Waals surface area (Å²) in [5.41, 5.74) is 0.565. The van der Waals surface area contributed by atoms with Crippen LogP contribution in [0.4, 0.5) is 0 Å². The van der Waals surface area contributed by atoms with Crippen LogP contribution in [0.5, 0.6) is 0 Å². The van der Waals surface area contributed by atoms with E-state index in [0.717, 1.165) is 56.8 Å². The Morgan fingerprint density at radius 3 is 2.29 bits per heavy atom. The summed E-state index contributed by atoms with van der Waals surface area (Å²) in [7, 11) is 0. The first kappa shape index (κ1) is 23.5. The van der Waals surface area contributed by atoms with Crippen LogP contribution in [0, 0.1) is 52.3 Å². The molecule has 0 heterocycles. The van der Waals surface area contributed by atoms with Gasteiger partial charge in [-0.05, 0) is 104 Å². The molecule has 0 aromatic rings. The number of aliphatic hydroxyl groups is 2. The predicted octanol–water partition coefficient (Wildman–Crippen LogP) is 5.50. The highest BCUT2D eigenvalue weighted by Crippen LogP contribution is 2.68. The standard InChI is InChI=1S/C27H46O4/c1-16(6-5-7-17(2)25(30)31)20-8-9-21-19-15-24(29)23-14-18(28)10-12-27(23,4)22(19)11-13-26(20,21)3/h16-24,28-29H,5-15H2,1-4H3,(H,30,31)/t16-,17?,18-,19+,20-,21+,22+,23+,24+,26-,27-/m1/s1. The Balaban J connectivity index is 1.45. The van der Waals surface area contributed by atoms with Gasteiger partial charge in [0.2, 0.25) is 0 Å². The van der Waals surface area contributed by atoms with Gasteiger partial charge in [0, 0.05) is 0 Å². The maximum absolute atomic E-state index is 11.2. The lowest BCUT2D eigenvalue weighted by molar-refractivity contribution is -0.172. The van der Waals surface area contributed by atoms with E-state index in [4.69, 9.17) is 5.11 Å². The maximum atomic E-state index is 11.2. The summed E-state index contributed by atoms with van der Waals surface area (Å²) in [5.74, 6) is 2.80. The molecule has 0 saturated heterocycles. The predicted molar refractivity (Wildman–Crippen MR) is 122 cm³/mol. The van der Waals surface area contributed by atoms with Crippen molar-refractivity contribution in [3.05, 3.63) is 0 Å². The lowest BCUT2D eigenvalue weighted by Crippen LogP contribution is -2.58. The second-order valence-corrected chi connectivity index (χ2v) is 12.6. The van der Waals surface area contributed by atoms with Crippen LogP contribution in [-0.2, 0) is 4.79 Å². The quantitative estimate of drug-likeness (QED) is 0.515. The van der Waals surface area contributed by atoms with Gasteiger partial charge >= 0.3 is 5.97 Å². The maximum Gasteiger partial charge on any atom is 0.306 e. The van der Waals surface area contributed by atoms with Crippen LogP contribution in [0.3, 0.4) is 0 Å². The molecule has 11 atom stereocenters. The minimum atomic E-state index is -0.670. The molecule has 0 amide bonds. The van der Waals surface area contributed by atoms with Gasteiger partial charge in [-0.1, -0.05) is 40.5 Å². The van der Waals surface area contributed by atoms with Gasteiger partial charge in [-0.15, -0.1) is 0 Å². The van der Waals surface area contributed by atoms with Crippen LogP contribution in [0.15, 0.2) is 0 Å². The van der Waals surface area contributed by atoms with Crippen molar-refractivity contribution in [2.24, 2.45) is 52.3 Å². The first-order chi connectivity index (χ1) is 14.6. The highest BCUT2D eigenvalue weighted by Gasteiger charge is 2.62. The van der Waals surface area contributed by atoms with E-state index in [2.05, 4.69) is 20.8 Å². The topological polar surface area (TPSA) is 77.8 Å². The minimum absolute atomic E-state index is 0.194. The zero-order valence-corrected chi connectivity index (χ0v) is 20.2. The normalized spacial score (nSPS) is 48.9. The lowest BCUT2D eigenvalue weighted by Gasteiger charge is -2.62. The largest absolute Gasteiger partial charge is 0.481 e. The summed E-state index contributed by atoms with van der Waals surface area (Å²) < 4.78 is 0. The Morgan fingerprint density at radius 1 is 0.903 bits per heavy atom. The molecule has 0 radical (unpaired) electrons. The van der Waals surface area contributed by atoms with E-state index in [-0.39, 0.29) is 29.5 Å². The first-order valence-electron chi connectivity index (χ1n) is 13.2. The molecule has 1 unspecified atom stereocenters. The molecule has 4 fully saturated rings. The summed E-state index contributed by atoms with van der Waals surface area (Å²) in [4.78, 5) is 11.1. The third-order valence-corrected chi connectivity index (χ3v) is 11.1. The van der Waals surface area contributed by atoms with E-state index in [1.165, 1.54) is 25.7 Å². The third kappa shape index (κ3) is 3.98. The first-order valence-corrected chi connectivity index (χ1v) is 13.2. The Hall–Kier alpha value is -0.610. The molecule has 4 nitrogen and oxygen atoms in total. The third-order valence-electron chi connectivity index (χ3n) is 11.1. The number of aliphatic carboxylic acids is 1. The monoisotopic (exact) mass is 434 g/mol. The minimum Gasteiger partial charge on any atom is -0.481 e. The van der Waals surface area contributed by atoms with Crippen LogP contribution in [0.25, 0.3) is 0 Å². The summed E-state index contributed by atoms with van der Waals surface area (Å²) in [5, 5.41) is 30.6. The van der Waals surface area contributed by atoms with Crippen molar-refractivity contribution in [1.82, 2.24) is 0 Å². The number of carboxylic acids is 1. The van der Waals surface area contributed by atoms with Crippen LogP contribution < -0.4 is 0 Å². The molecule has 4 aliphatic rings. The molecule has 178 valence electrons. The average molecular weight is 435 g/mol. The number of hydrogen-bond donors (Lipinski definition) is 3. The van der Waals surface area contributed by atoms with Gasteiger partial charge < -0.3 is 15.3 Å². The molecule has 0 spiro atoms. The van der Waals surface area contributed by atoms with Crippen molar-refractivity contribution >= 4 is 5.97 Å². The van der Waals surface area contributed by atoms with Gasteiger partial charge in [0.25, 0.3) is 0 Å². The SMILES string of the molecule is CC(CCC[C@@H](C)[C@H]1CC[C@H]2[C@@H]3C[C@H](O)[C@@H]4C[C@H](O)CC[C@]4(C)[C@H]3CC[C@]12C)C(=O)O. The number of aliphatic hydroxyl groups excluding tert-OH is 2. The van der Waals surface area contributed by atoms with E-state index in [0.29, 0.717) is 23.2 Å². The van der Waals surface area contributed by atoms with Crippen molar-refractivity contribution in [3.63, 3.8) is 0 Å². The van der Waals surface area contributed by atoms with Gasteiger partial charge in [-0.2, -0.15) is 0 Å². The molecule has 4 heteroatoms. The van der Waals surface area contributed by atoms with Crippen molar-refractivity contribution < 1.29 is 20.1 Å². The number of fused-ring (bicyclic) bond motifs is 5. The molecular weight excluding hydrogens is 388 g/mol. The van der Waals surface area contributed by atoms with E-state index in [1.807, 2.05) is 6.92 Å². The lowest BCUT2D eigenvalue weighted by atomic mass is 9.44. The number of hydrogen-bond acceptors (Lipinski definition) is 3. The molecule has 4 aliphatic carbocycles. The molecule has 3 N–H and O–H groups in total. The fourth-order valence-electron chi connectivity index (χ4n) is 9.32. The molecule has 0 aromatic heterocycles. The molecule has 31 heavy (non-hydrogen) atoms. The van der Waals surface area contributed by atoms with Gasteiger partial charge in [0.1, 0.15) is 0 Å². The Kier molecular flexibility index (Phi) is 6.55. The van der Waals surface area contributed by atoms with Crippen molar-refractivity contribution in [3.8, 4) is 0 Å². The van der Waals surface area contributed by atoms with E-state index < -0.39 is 5.97 Å². The van der Waals surface area contributed by atoms with Crippen LogP contribution in [0.1, 0.15) is 98.3 Å². The molecule has 0 bridgehead atoms. The Bertz CT molecular complexity index is 664. The van der Waals surface area contributed by atoms with Gasteiger partial charge in [0.05, 0.1) is 18.1 Å². The number of rotatable bonds is 6. The van der Waals surface area contributed by atoms with Gasteiger partial charge in [-0.25, -0.2) is 0 Å². The summed E-state index contributed by atoms with van der Waals surface area (Å²) in [6, 6.07) is 0. The fourth-order valence-corrected chi connectivity index (χ4v) is 9.32. The second kappa shape index (κ2) is 8.63. The second-order valence-electron chi connectivity index (χ2n) is 12.6. The molecule has 4 rings (SSSR count). The van der Waals surface area contributed by atoms with E-state index in [9.17, 15) is 15.0 Å². The Labute approximate surface area is 189 Å². The number of carbonyl (C=O) groups is 1. The van der Waals surface area contributed by atoms with Crippen LogP contribution in [0.2, 0.25) is 0 Å². The molecular formula is C27H46O4. The number of carboxylic acid groups (broad SMARTS) is 1. The highest BCUT2D eigenvalue weighted by molar-refractivity contribution is 5.69. The van der Waals surface area contributed by atoms with Gasteiger partial charge in [-0.3, -0.25) is 4.79 Å². The van der Waals surface area contributed by atoms with Crippen LogP contribution >= 0.6 is 0 Å². The summed E-state index contributed by atoms with van der Waals surface area (Å²) in [6.45, 7) is 9.22. The summed E-state index contributed by atoms with van der Waals surface area (Å²) >= 11 is 0. The van der Waals surface area contributed by atoms with Crippen molar-refractivity contribution in [1.29, 1.82) is 0 Å². The van der Waals surface area contributed by atoms with E-state index in [1.54, 1.807) is 0 Å². The van der Waals surface area contributed by atoms with Crippen LogP contribution in [-0.4, -0.2) is 33.5 Å². The van der Waals surface area contributed by atoms with Gasteiger partial charge in [0.15, 0.2) is 0 Å². The Morgan fingerprint density at radius 2 is 1.58 bits per heavy atom. The summed E-state index contributed by atoms with van der Waals surface area (Å²) in [6.07, 6.45) is 11.4. The average Bonchev–Trinajstić information content (AvgIpc) is 3.06. The zero-order valence-electron chi connectivity index (χ0n) is 20.2. The molecule has 4 saturated carbocycles.